The summed E-state index contributed by atoms with van der Waals surface area (Å²) in [5, 5.41) is 0. The van der Waals surface area contributed by atoms with Crippen molar-refractivity contribution < 1.29 is 0 Å². The van der Waals surface area contributed by atoms with Gasteiger partial charge in [-0.2, -0.15) is 0 Å². The van der Waals surface area contributed by atoms with Crippen LogP contribution in [0.2, 0.25) is 0 Å². The molecule has 14 heavy (non-hydrogen) atoms. The molecule has 2 N–H and O–H groups in total. The third kappa shape index (κ3) is 1.61. The SMILES string of the molecule is CCC1CCn2c(nc(CN)c2Br)C1. The molecule has 0 radical (unpaired) electrons. The minimum Gasteiger partial charge on any atom is -0.325 e. The molecule has 78 valence electrons. The lowest BCUT2D eigenvalue weighted by molar-refractivity contribution is 0.370. The predicted octanol–water partition coefficient (Wildman–Crippen LogP) is 2.08. The summed E-state index contributed by atoms with van der Waals surface area (Å²) in [7, 11) is 0. The fraction of sp³-hybridized carbons (Fsp3) is 0.700. The molecule has 1 aliphatic rings. The zero-order chi connectivity index (χ0) is 10.1. The van der Waals surface area contributed by atoms with Crippen molar-refractivity contribution in [3.05, 3.63) is 16.1 Å². The monoisotopic (exact) mass is 257 g/mol. The quantitative estimate of drug-likeness (QED) is 0.882. The van der Waals surface area contributed by atoms with Gasteiger partial charge in [0.15, 0.2) is 0 Å². The Morgan fingerprint density at radius 3 is 3.07 bits per heavy atom. The van der Waals surface area contributed by atoms with E-state index < -0.39 is 0 Å². The van der Waals surface area contributed by atoms with Gasteiger partial charge < -0.3 is 10.3 Å². The smallest absolute Gasteiger partial charge is 0.110 e. The fourth-order valence-corrected chi connectivity index (χ4v) is 2.70. The second-order valence-corrected chi connectivity index (χ2v) is 4.64. The van der Waals surface area contributed by atoms with Crippen LogP contribution in [0.3, 0.4) is 0 Å². The Labute approximate surface area is 92.8 Å². The molecule has 2 heterocycles. The zero-order valence-electron chi connectivity index (χ0n) is 8.46. The molecule has 1 unspecified atom stereocenters. The maximum absolute atomic E-state index is 5.62. The molecular formula is C10H16BrN3. The Morgan fingerprint density at radius 1 is 1.64 bits per heavy atom. The highest BCUT2D eigenvalue weighted by molar-refractivity contribution is 9.10. The number of aromatic nitrogens is 2. The van der Waals surface area contributed by atoms with Crippen molar-refractivity contribution in [3.63, 3.8) is 0 Å². The van der Waals surface area contributed by atoms with Gasteiger partial charge in [0.25, 0.3) is 0 Å². The summed E-state index contributed by atoms with van der Waals surface area (Å²) in [6.45, 7) is 3.86. The number of nitrogens with zero attached hydrogens (tertiary/aromatic N) is 2. The molecule has 1 aliphatic heterocycles. The lowest BCUT2D eigenvalue weighted by Gasteiger charge is -2.22. The first-order valence-corrected chi connectivity index (χ1v) is 5.99. The van der Waals surface area contributed by atoms with Crippen molar-refractivity contribution in [2.24, 2.45) is 11.7 Å². The van der Waals surface area contributed by atoms with Crippen molar-refractivity contribution >= 4 is 15.9 Å². The van der Waals surface area contributed by atoms with Crippen LogP contribution in [0, 0.1) is 5.92 Å². The standard InChI is InChI=1S/C10H16BrN3/c1-2-7-3-4-14-9(5-7)13-8(6-12)10(14)11/h7H,2-6,12H2,1H3. The highest BCUT2D eigenvalue weighted by Crippen LogP contribution is 2.28. The van der Waals surface area contributed by atoms with Gasteiger partial charge in [0.05, 0.1) is 5.69 Å². The Balaban J connectivity index is 2.30. The van der Waals surface area contributed by atoms with E-state index in [1.165, 1.54) is 18.7 Å². The highest BCUT2D eigenvalue weighted by atomic mass is 79.9. The number of hydrogen-bond donors (Lipinski definition) is 1. The number of nitrogens with two attached hydrogens (primary N) is 1. The van der Waals surface area contributed by atoms with E-state index in [-0.39, 0.29) is 0 Å². The van der Waals surface area contributed by atoms with Crippen LogP contribution in [0.4, 0.5) is 0 Å². The maximum atomic E-state index is 5.62. The number of rotatable bonds is 2. The summed E-state index contributed by atoms with van der Waals surface area (Å²) in [6.07, 6.45) is 3.63. The van der Waals surface area contributed by atoms with E-state index in [0.717, 1.165) is 29.2 Å². The summed E-state index contributed by atoms with van der Waals surface area (Å²) < 4.78 is 3.35. The van der Waals surface area contributed by atoms with Crippen molar-refractivity contribution in [1.82, 2.24) is 9.55 Å². The molecule has 0 saturated heterocycles. The Hall–Kier alpha value is -0.350. The van der Waals surface area contributed by atoms with E-state index in [1.54, 1.807) is 0 Å². The van der Waals surface area contributed by atoms with E-state index in [1.807, 2.05) is 0 Å². The van der Waals surface area contributed by atoms with Crippen molar-refractivity contribution in [1.29, 1.82) is 0 Å². The molecule has 4 heteroatoms. The van der Waals surface area contributed by atoms with Gasteiger partial charge in [-0.3, -0.25) is 0 Å². The van der Waals surface area contributed by atoms with E-state index in [2.05, 4.69) is 32.4 Å². The largest absolute Gasteiger partial charge is 0.325 e. The molecule has 1 aromatic heterocycles. The number of fused-ring (bicyclic) bond motifs is 1. The van der Waals surface area contributed by atoms with Gasteiger partial charge >= 0.3 is 0 Å². The molecule has 0 saturated carbocycles. The first-order valence-electron chi connectivity index (χ1n) is 5.20. The molecule has 0 aromatic carbocycles. The van der Waals surface area contributed by atoms with Gasteiger partial charge in [-0.15, -0.1) is 0 Å². The second kappa shape index (κ2) is 4.03. The van der Waals surface area contributed by atoms with Crippen LogP contribution in [0.5, 0.6) is 0 Å². The highest BCUT2D eigenvalue weighted by Gasteiger charge is 2.22. The molecule has 0 amide bonds. The van der Waals surface area contributed by atoms with Crippen molar-refractivity contribution in [2.75, 3.05) is 0 Å². The second-order valence-electron chi connectivity index (χ2n) is 3.89. The number of halogens is 1. The van der Waals surface area contributed by atoms with Gasteiger partial charge in [0.2, 0.25) is 0 Å². The van der Waals surface area contributed by atoms with Crippen LogP contribution >= 0.6 is 15.9 Å². The van der Waals surface area contributed by atoms with Crippen molar-refractivity contribution in [2.45, 2.75) is 39.3 Å². The Morgan fingerprint density at radius 2 is 2.43 bits per heavy atom. The van der Waals surface area contributed by atoms with Crippen LogP contribution in [0.25, 0.3) is 0 Å². The molecule has 0 aliphatic carbocycles. The lowest BCUT2D eigenvalue weighted by Crippen LogP contribution is -2.19. The summed E-state index contributed by atoms with van der Waals surface area (Å²) in [5.41, 5.74) is 6.62. The number of hydrogen-bond acceptors (Lipinski definition) is 2. The summed E-state index contributed by atoms with van der Waals surface area (Å²) in [4.78, 5) is 4.56. The molecule has 3 nitrogen and oxygen atoms in total. The third-order valence-corrected chi connectivity index (χ3v) is 3.94. The van der Waals surface area contributed by atoms with Crippen LogP contribution in [-0.2, 0) is 19.5 Å². The molecule has 0 fully saturated rings. The first kappa shape index (κ1) is 10.2. The van der Waals surface area contributed by atoms with Crippen LogP contribution < -0.4 is 5.73 Å². The fourth-order valence-electron chi connectivity index (χ4n) is 2.06. The van der Waals surface area contributed by atoms with Gasteiger partial charge in [-0.1, -0.05) is 13.3 Å². The van der Waals surface area contributed by atoms with E-state index >= 15 is 0 Å². The lowest BCUT2D eigenvalue weighted by atomic mass is 9.95. The molecular weight excluding hydrogens is 242 g/mol. The average molecular weight is 258 g/mol. The van der Waals surface area contributed by atoms with Gasteiger partial charge in [0.1, 0.15) is 10.4 Å². The number of imidazole rings is 1. The summed E-state index contributed by atoms with van der Waals surface area (Å²) in [5.74, 6) is 2.01. The summed E-state index contributed by atoms with van der Waals surface area (Å²) in [6, 6.07) is 0. The predicted molar refractivity (Wildman–Crippen MR) is 59.9 cm³/mol. The van der Waals surface area contributed by atoms with Gasteiger partial charge in [-0.05, 0) is 28.3 Å². The molecule has 1 atom stereocenters. The molecule has 0 spiro atoms. The van der Waals surface area contributed by atoms with Gasteiger partial charge in [-0.25, -0.2) is 4.98 Å². The van der Waals surface area contributed by atoms with Crippen LogP contribution in [-0.4, -0.2) is 9.55 Å². The first-order chi connectivity index (χ1) is 6.76. The Bertz CT molecular complexity index is 332. The molecule has 0 bridgehead atoms. The van der Waals surface area contributed by atoms with E-state index in [4.69, 9.17) is 5.73 Å². The summed E-state index contributed by atoms with van der Waals surface area (Å²) >= 11 is 3.56. The van der Waals surface area contributed by atoms with Crippen molar-refractivity contribution in [3.8, 4) is 0 Å². The zero-order valence-corrected chi connectivity index (χ0v) is 10.0. The van der Waals surface area contributed by atoms with Crippen LogP contribution in [0.15, 0.2) is 4.60 Å². The molecule has 2 rings (SSSR count). The van der Waals surface area contributed by atoms with E-state index in [9.17, 15) is 0 Å². The maximum Gasteiger partial charge on any atom is 0.110 e. The van der Waals surface area contributed by atoms with E-state index in [0.29, 0.717) is 6.54 Å². The third-order valence-electron chi connectivity index (χ3n) is 3.05. The Kier molecular flexibility index (Phi) is 2.93. The van der Waals surface area contributed by atoms with Crippen LogP contribution in [0.1, 0.15) is 31.3 Å². The molecule has 1 aromatic rings. The normalized spacial score (nSPS) is 20.9. The topological polar surface area (TPSA) is 43.8 Å². The minimum absolute atomic E-state index is 0.525. The van der Waals surface area contributed by atoms with Gasteiger partial charge in [0, 0.05) is 19.5 Å². The average Bonchev–Trinajstić information content (AvgIpc) is 2.55. The minimum atomic E-state index is 0.525.